The second kappa shape index (κ2) is 2.56. The SMILES string of the molecule is C=CC1=CC=C(C(=C)O)C1. The molecule has 0 saturated carbocycles. The topological polar surface area (TPSA) is 20.2 Å². The van der Waals surface area contributed by atoms with Crippen LogP contribution in [-0.2, 0) is 0 Å². The number of allylic oxidation sites excluding steroid dienone is 5. The highest BCUT2D eigenvalue weighted by atomic mass is 16.3. The van der Waals surface area contributed by atoms with Gasteiger partial charge in [0.25, 0.3) is 0 Å². The van der Waals surface area contributed by atoms with Crippen molar-refractivity contribution in [2.75, 3.05) is 0 Å². The van der Waals surface area contributed by atoms with E-state index in [9.17, 15) is 0 Å². The number of hydrogen-bond acceptors (Lipinski definition) is 1. The molecule has 52 valence electrons. The first-order chi connectivity index (χ1) is 4.74. The summed E-state index contributed by atoms with van der Waals surface area (Å²) in [6.07, 6.45) is 6.34. The van der Waals surface area contributed by atoms with E-state index in [1.165, 1.54) is 0 Å². The summed E-state index contributed by atoms with van der Waals surface area (Å²) in [6, 6.07) is 0. The van der Waals surface area contributed by atoms with Crippen LogP contribution in [-0.4, -0.2) is 5.11 Å². The zero-order chi connectivity index (χ0) is 7.56. The van der Waals surface area contributed by atoms with E-state index >= 15 is 0 Å². The fourth-order valence-corrected chi connectivity index (χ4v) is 0.884. The Bertz CT molecular complexity index is 231. The summed E-state index contributed by atoms with van der Waals surface area (Å²) in [7, 11) is 0. The molecular formula is C9H10O. The minimum Gasteiger partial charge on any atom is -0.508 e. The minimum atomic E-state index is 0.160. The van der Waals surface area contributed by atoms with Gasteiger partial charge in [0.2, 0.25) is 0 Å². The molecule has 1 aliphatic rings. The smallest absolute Gasteiger partial charge is 0.111 e. The van der Waals surface area contributed by atoms with Crippen LogP contribution in [0.15, 0.2) is 48.3 Å². The molecule has 0 aromatic rings. The molecule has 0 aliphatic heterocycles. The van der Waals surface area contributed by atoms with E-state index in [0.29, 0.717) is 0 Å². The maximum Gasteiger partial charge on any atom is 0.111 e. The summed E-state index contributed by atoms with van der Waals surface area (Å²) in [5.74, 6) is 0.160. The van der Waals surface area contributed by atoms with Gasteiger partial charge in [0.15, 0.2) is 0 Å². The number of aliphatic hydroxyl groups excluding tert-OH is 1. The van der Waals surface area contributed by atoms with Gasteiger partial charge in [-0.15, -0.1) is 0 Å². The molecule has 1 rings (SSSR count). The molecule has 1 nitrogen and oxygen atoms in total. The Morgan fingerprint density at radius 3 is 2.60 bits per heavy atom. The molecule has 1 aliphatic carbocycles. The lowest BCUT2D eigenvalue weighted by atomic mass is 10.1. The van der Waals surface area contributed by atoms with Crippen molar-refractivity contribution in [2.45, 2.75) is 6.42 Å². The predicted octanol–water partition coefficient (Wildman–Crippen LogP) is 2.50. The van der Waals surface area contributed by atoms with Crippen molar-refractivity contribution in [2.24, 2.45) is 0 Å². The van der Waals surface area contributed by atoms with Crippen LogP contribution < -0.4 is 0 Å². The van der Waals surface area contributed by atoms with Gasteiger partial charge in [-0.2, -0.15) is 0 Å². The van der Waals surface area contributed by atoms with Crippen LogP contribution in [0.25, 0.3) is 0 Å². The monoisotopic (exact) mass is 134 g/mol. The number of aliphatic hydroxyl groups is 1. The highest BCUT2D eigenvalue weighted by Crippen LogP contribution is 2.22. The molecule has 0 atom stereocenters. The average Bonchev–Trinajstić information content (AvgIpc) is 2.34. The van der Waals surface area contributed by atoms with E-state index in [-0.39, 0.29) is 5.76 Å². The van der Waals surface area contributed by atoms with E-state index in [1.807, 2.05) is 12.2 Å². The van der Waals surface area contributed by atoms with Gasteiger partial charge >= 0.3 is 0 Å². The van der Waals surface area contributed by atoms with Gasteiger partial charge < -0.3 is 5.11 Å². The fourth-order valence-electron chi connectivity index (χ4n) is 0.884. The lowest BCUT2D eigenvalue weighted by Crippen LogP contribution is -1.82. The molecule has 0 aromatic heterocycles. The van der Waals surface area contributed by atoms with Crippen LogP contribution >= 0.6 is 0 Å². The van der Waals surface area contributed by atoms with Crippen LogP contribution in [0, 0.1) is 0 Å². The molecule has 1 heteroatoms. The van der Waals surface area contributed by atoms with E-state index in [1.54, 1.807) is 6.08 Å². The Balaban J connectivity index is 2.64. The summed E-state index contributed by atoms with van der Waals surface area (Å²) in [5.41, 5.74) is 2.01. The molecular weight excluding hydrogens is 124 g/mol. The van der Waals surface area contributed by atoms with Crippen LogP contribution in [0.3, 0.4) is 0 Å². The Morgan fingerprint density at radius 2 is 2.30 bits per heavy atom. The van der Waals surface area contributed by atoms with Crippen molar-refractivity contribution < 1.29 is 5.11 Å². The van der Waals surface area contributed by atoms with Crippen LogP contribution in [0.1, 0.15) is 6.42 Å². The Kier molecular flexibility index (Phi) is 1.76. The zero-order valence-corrected chi connectivity index (χ0v) is 5.80. The Morgan fingerprint density at radius 1 is 1.60 bits per heavy atom. The van der Waals surface area contributed by atoms with Crippen molar-refractivity contribution >= 4 is 0 Å². The van der Waals surface area contributed by atoms with Gasteiger partial charge in [-0.25, -0.2) is 0 Å². The molecule has 0 unspecified atom stereocenters. The fraction of sp³-hybridized carbons (Fsp3) is 0.111. The van der Waals surface area contributed by atoms with E-state index in [4.69, 9.17) is 5.11 Å². The summed E-state index contributed by atoms with van der Waals surface area (Å²) < 4.78 is 0. The van der Waals surface area contributed by atoms with E-state index in [2.05, 4.69) is 13.2 Å². The molecule has 0 bridgehead atoms. The van der Waals surface area contributed by atoms with Gasteiger partial charge in [-0.05, 0) is 11.1 Å². The first kappa shape index (κ1) is 6.87. The molecule has 0 heterocycles. The van der Waals surface area contributed by atoms with Crippen molar-refractivity contribution in [1.29, 1.82) is 0 Å². The standard InChI is InChI=1S/C9H10O/c1-3-8-4-5-9(6-8)7(2)10/h3-5,10H,1-2,6H2. The quantitative estimate of drug-likeness (QED) is 0.575. The lowest BCUT2D eigenvalue weighted by molar-refractivity contribution is 0.424. The Labute approximate surface area is 60.7 Å². The van der Waals surface area contributed by atoms with Gasteiger partial charge in [0, 0.05) is 6.42 Å². The van der Waals surface area contributed by atoms with Crippen molar-refractivity contribution in [3.05, 3.63) is 48.3 Å². The van der Waals surface area contributed by atoms with Gasteiger partial charge in [-0.1, -0.05) is 31.4 Å². The van der Waals surface area contributed by atoms with E-state index < -0.39 is 0 Å². The molecule has 10 heavy (non-hydrogen) atoms. The first-order valence-corrected chi connectivity index (χ1v) is 3.14. The highest BCUT2D eigenvalue weighted by Gasteiger charge is 2.06. The Hall–Kier alpha value is -1.24. The van der Waals surface area contributed by atoms with Gasteiger partial charge in [-0.3, -0.25) is 0 Å². The maximum absolute atomic E-state index is 8.94. The normalized spacial score (nSPS) is 16.0. The van der Waals surface area contributed by atoms with E-state index in [0.717, 1.165) is 17.6 Å². The molecule has 0 spiro atoms. The second-order valence-electron chi connectivity index (χ2n) is 2.26. The average molecular weight is 134 g/mol. The summed E-state index contributed by atoms with van der Waals surface area (Å²) in [6.45, 7) is 7.05. The predicted molar refractivity (Wildman–Crippen MR) is 42.7 cm³/mol. The zero-order valence-electron chi connectivity index (χ0n) is 5.80. The molecule has 0 radical (unpaired) electrons. The third-order valence-corrected chi connectivity index (χ3v) is 1.53. The van der Waals surface area contributed by atoms with Crippen LogP contribution in [0.4, 0.5) is 0 Å². The molecule has 0 amide bonds. The molecule has 0 fully saturated rings. The minimum absolute atomic E-state index is 0.160. The van der Waals surface area contributed by atoms with Crippen molar-refractivity contribution in [3.8, 4) is 0 Å². The summed E-state index contributed by atoms with van der Waals surface area (Å²) in [5, 5.41) is 8.94. The first-order valence-electron chi connectivity index (χ1n) is 3.14. The number of hydrogen-bond donors (Lipinski definition) is 1. The third kappa shape index (κ3) is 1.18. The van der Waals surface area contributed by atoms with Gasteiger partial charge in [0.1, 0.15) is 5.76 Å². The van der Waals surface area contributed by atoms with Crippen molar-refractivity contribution in [3.63, 3.8) is 0 Å². The summed E-state index contributed by atoms with van der Waals surface area (Å²) in [4.78, 5) is 0. The lowest BCUT2D eigenvalue weighted by Gasteiger charge is -1.97. The molecule has 1 N–H and O–H groups in total. The van der Waals surface area contributed by atoms with Crippen LogP contribution in [0.2, 0.25) is 0 Å². The largest absolute Gasteiger partial charge is 0.508 e. The summed E-state index contributed by atoms with van der Waals surface area (Å²) >= 11 is 0. The molecule has 0 aromatic carbocycles. The van der Waals surface area contributed by atoms with Gasteiger partial charge in [0.05, 0.1) is 0 Å². The second-order valence-corrected chi connectivity index (χ2v) is 2.26. The number of rotatable bonds is 2. The maximum atomic E-state index is 8.94. The highest BCUT2D eigenvalue weighted by molar-refractivity contribution is 5.42. The third-order valence-electron chi connectivity index (χ3n) is 1.53. The van der Waals surface area contributed by atoms with Crippen molar-refractivity contribution in [1.82, 2.24) is 0 Å². The molecule has 0 saturated heterocycles. The van der Waals surface area contributed by atoms with Crippen LogP contribution in [0.5, 0.6) is 0 Å².